The van der Waals surface area contributed by atoms with Crippen LogP contribution in [0.1, 0.15) is 17.5 Å². The SMILES string of the molecule is CNCc1ccc(CS(=O)(=O)N(C)C2CCOC2)cc1. The number of hydrogen-bond acceptors (Lipinski definition) is 4. The second kappa shape index (κ2) is 6.67. The Balaban J connectivity index is 2.03. The van der Waals surface area contributed by atoms with Gasteiger partial charge in [-0.15, -0.1) is 0 Å². The van der Waals surface area contributed by atoms with Crippen LogP contribution in [0.4, 0.5) is 0 Å². The Morgan fingerprint density at radius 1 is 1.30 bits per heavy atom. The fourth-order valence-electron chi connectivity index (χ4n) is 2.31. The standard InChI is InChI=1S/C14H22N2O3S/c1-15-9-12-3-5-13(6-4-12)11-20(17,18)16(2)14-7-8-19-10-14/h3-6,14-15H,7-11H2,1-2H3. The van der Waals surface area contributed by atoms with Gasteiger partial charge in [-0.25, -0.2) is 8.42 Å². The molecule has 1 atom stereocenters. The summed E-state index contributed by atoms with van der Waals surface area (Å²) in [6, 6.07) is 7.65. The summed E-state index contributed by atoms with van der Waals surface area (Å²) in [5.41, 5.74) is 1.96. The molecule has 6 heteroatoms. The minimum atomic E-state index is -3.28. The first-order valence-electron chi connectivity index (χ1n) is 6.79. The van der Waals surface area contributed by atoms with Crippen LogP contribution in [-0.4, -0.2) is 46.1 Å². The molecule has 1 heterocycles. The lowest BCUT2D eigenvalue weighted by molar-refractivity contribution is 0.181. The van der Waals surface area contributed by atoms with Gasteiger partial charge < -0.3 is 10.1 Å². The van der Waals surface area contributed by atoms with Crippen molar-refractivity contribution in [2.75, 3.05) is 27.3 Å². The van der Waals surface area contributed by atoms with E-state index in [1.165, 1.54) is 4.31 Å². The van der Waals surface area contributed by atoms with Gasteiger partial charge in [0.25, 0.3) is 0 Å². The number of nitrogens with one attached hydrogen (secondary N) is 1. The first kappa shape index (κ1) is 15.4. The average Bonchev–Trinajstić information content (AvgIpc) is 2.94. The fraction of sp³-hybridized carbons (Fsp3) is 0.571. The Hall–Kier alpha value is -0.950. The highest BCUT2D eigenvalue weighted by molar-refractivity contribution is 7.88. The fourth-order valence-corrected chi connectivity index (χ4v) is 3.74. The maximum Gasteiger partial charge on any atom is 0.218 e. The van der Waals surface area contributed by atoms with Crippen LogP contribution in [0.25, 0.3) is 0 Å². The summed E-state index contributed by atoms with van der Waals surface area (Å²) in [5, 5.41) is 3.07. The van der Waals surface area contributed by atoms with Gasteiger partial charge in [0.2, 0.25) is 10.0 Å². The number of rotatable bonds is 6. The van der Waals surface area contributed by atoms with E-state index in [0.717, 1.165) is 24.1 Å². The number of benzene rings is 1. The van der Waals surface area contributed by atoms with Crippen molar-refractivity contribution in [1.82, 2.24) is 9.62 Å². The monoisotopic (exact) mass is 298 g/mol. The lowest BCUT2D eigenvalue weighted by atomic mass is 10.1. The minimum Gasteiger partial charge on any atom is -0.380 e. The Labute approximate surface area is 121 Å². The Morgan fingerprint density at radius 3 is 2.50 bits per heavy atom. The second-order valence-corrected chi connectivity index (χ2v) is 7.17. The van der Waals surface area contributed by atoms with Crippen LogP contribution in [-0.2, 0) is 27.1 Å². The van der Waals surface area contributed by atoms with Gasteiger partial charge in [-0.1, -0.05) is 24.3 Å². The van der Waals surface area contributed by atoms with E-state index in [1.54, 1.807) is 7.05 Å². The molecule has 1 unspecified atom stereocenters. The van der Waals surface area contributed by atoms with Crippen molar-refractivity contribution in [2.24, 2.45) is 0 Å². The van der Waals surface area contributed by atoms with Crippen LogP contribution in [0.2, 0.25) is 0 Å². The van der Waals surface area contributed by atoms with Gasteiger partial charge in [0.1, 0.15) is 0 Å². The first-order valence-corrected chi connectivity index (χ1v) is 8.40. The molecule has 112 valence electrons. The van der Waals surface area contributed by atoms with Crippen molar-refractivity contribution in [2.45, 2.75) is 24.8 Å². The molecule has 5 nitrogen and oxygen atoms in total. The zero-order valence-corrected chi connectivity index (χ0v) is 12.8. The highest BCUT2D eigenvalue weighted by Gasteiger charge is 2.29. The van der Waals surface area contributed by atoms with Crippen molar-refractivity contribution in [3.8, 4) is 0 Å². The van der Waals surface area contributed by atoms with E-state index in [-0.39, 0.29) is 11.8 Å². The molecule has 1 aromatic rings. The van der Waals surface area contributed by atoms with Gasteiger partial charge in [0, 0.05) is 20.2 Å². The highest BCUT2D eigenvalue weighted by Crippen LogP contribution is 2.18. The number of ether oxygens (including phenoxy) is 1. The highest BCUT2D eigenvalue weighted by atomic mass is 32.2. The summed E-state index contributed by atoms with van der Waals surface area (Å²) in [7, 11) is 0.245. The van der Waals surface area contributed by atoms with Gasteiger partial charge in [-0.05, 0) is 24.6 Å². The second-order valence-electron chi connectivity index (χ2n) is 5.14. The van der Waals surface area contributed by atoms with Crippen LogP contribution in [0, 0.1) is 0 Å². The third-order valence-electron chi connectivity index (χ3n) is 3.61. The molecule has 1 N–H and O–H groups in total. The van der Waals surface area contributed by atoms with E-state index in [0.29, 0.717) is 13.2 Å². The molecule has 1 aromatic carbocycles. The molecule has 1 aliphatic heterocycles. The summed E-state index contributed by atoms with van der Waals surface area (Å²) in [6.07, 6.45) is 0.775. The van der Waals surface area contributed by atoms with Gasteiger partial charge in [0.05, 0.1) is 18.4 Å². The number of sulfonamides is 1. The molecule has 1 aliphatic rings. The summed E-state index contributed by atoms with van der Waals surface area (Å²) in [6.45, 7) is 1.92. The molecule has 0 amide bonds. The maximum absolute atomic E-state index is 12.4. The Morgan fingerprint density at radius 2 is 1.95 bits per heavy atom. The molecule has 0 radical (unpaired) electrons. The van der Waals surface area contributed by atoms with Crippen LogP contribution < -0.4 is 5.32 Å². The topological polar surface area (TPSA) is 58.6 Å². The lowest BCUT2D eigenvalue weighted by Crippen LogP contribution is -2.38. The number of hydrogen-bond donors (Lipinski definition) is 1. The van der Waals surface area contributed by atoms with E-state index in [9.17, 15) is 8.42 Å². The molecule has 0 aliphatic carbocycles. The Kier molecular flexibility index (Phi) is 5.15. The zero-order chi connectivity index (χ0) is 14.6. The number of likely N-dealkylation sites (N-methyl/N-ethyl adjacent to an activating group) is 1. The van der Waals surface area contributed by atoms with E-state index in [4.69, 9.17) is 4.74 Å². The van der Waals surface area contributed by atoms with Gasteiger partial charge >= 0.3 is 0 Å². The van der Waals surface area contributed by atoms with Crippen LogP contribution >= 0.6 is 0 Å². The molecule has 0 aromatic heterocycles. The molecule has 0 bridgehead atoms. The summed E-state index contributed by atoms with van der Waals surface area (Å²) in [5.74, 6) is 0.0415. The third-order valence-corrected chi connectivity index (χ3v) is 5.49. The molecule has 1 saturated heterocycles. The zero-order valence-electron chi connectivity index (χ0n) is 12.0. The minimum absolute atomic E-state index is 0.0245. The predicted octanol–water partition coefficient (Wildman–Crippen LogP) is 0.956. The molecule has 0 saturated carbocycles. The lowest BCUT2D eigenvalue weighted by Gasteiger charge is -2.22. The normalized spacial score (nSPS) is 19.6. The van der Waals surface area contributed by atoms with Crippen molar-refractivity contribution < 1.29 is 13.2 Å². The smallest absolute Gasteiger partial charge is 0.218 e. The maximum atomic E-state index is 12.4. The molecule has 0 spiro atoms. The molecule has 1 fully saturated rings. The van der Waals surface area contributed by atoms with Gasteiger partial charge in [-0.3, -0.25) is 0 Å². The first-order chi connectivity index (χ1) is 9.53. The van der Waals surface area contributed by atoms with Crippen LogP contribution in [0.3, 0.4) is 0 Å². The van der Waals surface area contributed by atoms with Crippen LogP contribution in [0.5, 0.6) is 0 Å². The quantitative estimate of drug-likeness (QED) is 0.850. The van der Waals surface area contributed by atoms with E-state index < -0.39 is 10.0 Å². The number of nitrogens with zero attached hydrogens (tertiary/aromatic N) is 1. The van der Waals surface area contributed by atoms with E-state index >= 15 is 0 Å². The summed E-state index contributed by atoms with van der Waals surface area (Å²) < 4.78 is 31.4. The summed E-state index contributed by atoms with van der Waals surface area (Å²) >= 11 is 0. The van der Waals surface area contributed by atoms with Crippen molar-refractivity contribution in [3.63, 3.8) is 0 Å². The average molecular weight is 298 g/mol. The molecule has 2 rings (SSSR count). The third kappa shape index (κ3) is 3.79. The van der Waals surface area contributed by atoms with Crippen molar-refractivity contribution in [3.05, 3.63) is 35.4 Å². The van der Waals surface area contributed by atoms with Crippen LogP contribution in [0.15, 0.2) is 24.3 Å². The molecule has 20 heavy (non-hydrogen) atoms. The largest absolute Gasteiger partial charge is 0.380 e. The summed E-state index contributed by atoms with van der Waals surface area (Å²) in [4.78, 5) is 0. The van der Waals surface area contributed by atoms with Crippen molar-refractivity contribution in [1.29, 1.82) is 0 Å². The van der Waals surface area contributed by atoms with Gasteiger partial charge in [0.15, 0.2) is 0 Å². The predicted molar refractivity (Wildman–Crippen MR) is 78.8 cm³/mol. The molecular weight excluding hydrogens is 276 g/mol. The Bertz CT molecular complexity index is 522. The van der Waals surface area contributed by atoms with Gasteiger partial charge in [-0.2, -0.15) is 4.31 Å². The van der Waals surface area contributed by atoms with E-state index in [1.807, 2.05) is 31.3 Å². The van der Waals surface area contributed by atoms with E-state index in [2.05, 4.69) is 5.32 Å². The van der Waals surface area contributed by atoms with Crippen molar-refractivity contribution >= 4 is 10.0 Å². The molecular formula is C14H22N2O3S.